The van der Waals surface area contributed by atoms with Gasteiger partial charge in [0.2, 0.25) is 0 Å². The maximum Gasteiger partial charge on any atom is 0.134 e. The summed E-state index contributed by atoms with van der Waals surface area (Å²) in [5, 5.41) is 11.5. The number of halogens is 2. The van der Waals surface area contributed by atoms with Gasteiger partial charge in [0.05, 0.1) is 17.1 Å². The van der Waals surface area contributed by atoms with Crippen molar-refractivity contribution in [1.29, 1.82) is 0 Å². The first-order chi connectivity index (χ1) is 8.65. The fourth-order valence-electron chi connectivity index (χ4n) is 2.36. The molecule has 0 aromatic heterocycles. The van der Waals surface area contributed by atoms with Crippen molar-refractivity contribution in [3.8, 4) is 5.75 Å². The molecule has 0 saturated carbocycles. The normalized spacial score (nSPS) is 25.6. The summed E-state index contributed by atoms with van der Waals surface area (Å²) >= 11 is 5.67. The largest absolute Gasteiger partial charge is 0.506 e. The minimum atomic E-state index is -0.400. The van der Waals surface area contributed by atoms with Gasteiger partial charge in [-0.15, -0.1) is 0 Å². The van der Waals surface area contributed by atoms with E-state index in [0.29, 0.717) is 5.56 Å². The first-order valence-electron chi connectivity index (χ1n) is 5.72. The molecule has 0 spiro atoms. The number of phenols is 1. The Balaban J connectivity index is 1.91. The number of nitrogens with zero attached hydrogens (tertiary/aromatic N) is 1. The third-order valence-corrected chi connectivity index (χ3v) is 3.57. The second kappa shape index (κ2) is 4.30. The summed E-state index contributed by atoms with van der Waals surface area (Å²) in [6.07, 6.45) is 8.61. The molecule has 2 heterocycles. The van der Waals surface area contributed by atoms with Gasteiger partial charge in [0.15, 0.2) is 0 Å². The highest BCUT2D eigenvalue weighted by Gasteiger charge is 2.31. The fraction of sp³-hybridized carbons (Fsp3) is 0.231. The number of phenolic OH excluding ortho intramolecular Hbond substituents is 1. The van der Waals surface area contributed by atoms with Crippen LogP contribution in [0, 0.1) is 5.82 Å². The quantitative estimate of drug-likeness (QED) is 0.820. The third-order valence-electron chi connectivity index (χ3n) is 3.27. The second-order valence-corrected chi connectivity index (χ2v) is 4.85. The Morgan fingerprint density at radius 1 is 1.39 bits per heavy atom. The lowest BCUT2D eigenvalue weighted by molar-refractivity contribution is 0.290. The van der Waals surface area contributed by atoms with Crippen molar-refractivity contribution in [2.24, 2.45) is 0 Å². The SMILES string of the molecule is Oc1cc(C2CC3C=CC=CN3N2)c(F)cc1Cl. The molecule has 1 fully saturated rings. The van der Waals surface area contributed by atoms with Crippen LogP contribution in [0.15, 0.2) is 36.6 Å². The molecule has 2 aliphatic heterocycles. The van der Waals surface area contributed by atoms with Crippen LogP contribution in [-0.4, -0.2) is 16.2 Å². The predicted molar refractivity (Wildman–Crippen MR) is 67.5 cm³/mol. The van der Waals surface area contributed by atoms with E-state index in [-0.39, 0.29) is 22.9 Å². The van der Waals surface area contributed by atoms with Crippen LogP contribution in [0.3, 0.4) is 0 Å². The molecule has 18 heavy (non-hydrogen) atoms. The van der Waals surface area contributed by atoms with Crippen molar-refractivity contribution in [3.63, 3.8) is 0 Å². The van der Waals surface area contributed by atoms with Crippen LogP contribution >= 0.6 is 11.6 Å². The number of allylic oxidation sites excluding steroid dienone is 2. The number of hydrogen-bond donors (Lipinski definition) is 2. The van der Waals surface area contributed by atoms with Crippen LogP contribution in [0.2, 0.25) is 5.02 Å². The number of rotatable bonds is 1. The maximum atomic E-state index is 13.9. The molecule has 2 N–H and O–H groups in total. The van der Waals surface area contributed by atoms with Crippen LogP contribution in [0.1, 0.15) is 18.0 Å². The number of benzene rings is 1. The van der Waals surface area contributed by atoms with Crippen LogP contribution in [0.4, 0.5) is 4.39 Å². The van der Waals surface area contributed by atoms with Crippen molar-refractivity contribution in [2.45, 2.75) is 18.5 Å². The molecule has 2 unspecified atom stereocenters. The fourth-order valence-corrected chi connectivity index (χ4v) is 2.51. The molecule has 3 nitrogen and oxygen atoms in total. The number of fused-ring (bicyclic) bond motifs is 1. The van der Waals surface area contributed by atoms with Crippen molar-refractivity contribution in [2.75, 3.05) is 0 Å². The Hall–Kier alpha value is -1.52. The predicted octanol–water partition coefficient (Wildman–Crippen LogP) is 2.89. The van der Waals surface area contributed by atoms with E-state index < -0.39 is 5.82 Å². The Bertz CT molecular complexity index is 524. The van der Waals surface area contributed by atoms with Gasteiger partial charge in [-0.25, -0.2) is 9.82 Å². The third kappa shape index (κ3) is 1.87. The molecule has 94 valence electrons. The van der Waals surface area contributed by atoms with Gasteiger partial charge in [-0.3, -0.25) is 0 Å². The highest BCUT2D eigenvalue weighted by Crippen LogP contribution is 2.35. The number of nitrogens with one attached hydrogen (secondary N) is 1. The second-order valence-electron chi connectivity index (χ2n) is 4.44. The minimum Gasteiger partial charge on any atom is -0.506 e. The summed E-state index contributed by atoms with van der Waals surface area (Å²) in [5.41, 5.74) is 3.64. The lowest BCUT2D eigenvalue weighted by Crippen LogP contribution is -2.32. The minimum absolute atomic E-state index is 0.0340. The molecule has 0 radical (unpaired) electrons. The molecular formula is C13H12ClFN2O. The highest BCUT2D eigenvalue weighted by molar-refractivity contribution is 6.32. The summed E-state index contributed by atoms with van der Waals surface area (Å²) in [4.78, 5) is 0. The summed E-state index contributed by atoms with van der Waals surface area (Å²) in [5.74, 6) is -0.492. The van der Waals surface area contributed by atoms with Gasteiger partial charge in [-0.2, -0.15) is 0 Å². The van der Waals surface area contributed by atoms with E-state index in [9.17, 15) is 9.50 Å². The van der Waals surface area contributed by atoms with Crippen LogP contribution in [-0.2, 0) is 0 Å². The van der Waals surface area contributed by atoms with E-state index in [4.69, 9.17) is 11.6 Å². The topological polar surface area (TPSA) is 35.5 Å². The average Bonchev–Trinajstić information content (AvgIpc) is 2.77. The van der Waals surface area contributed by atoms with Gasteiger partial charge in [-0.05, 0) is 24.6 Å². The van der Waals surface area contributed by atoms with E-state index >= 15 is 0 Å². The summed E-state index contributed by atoms with van der Waals surface area (Å²) < 4.78 is 13.9. The van der Waals surface area contributed by atoms with Gasteiger partial charge in [0.1, 0.15) is 11.6 Å². The number of hydrogen-bond acceptors (Lipinski definition) is 3. The number of hydrazine groups is 1. The Morgan fingerprint density at radius 2 is 2.22 bits per heavy atom. The highest BCUT2D eigenvalue weighted by atomic mass is 35.5. The van der Waals surface area contributed by atoms with Crippen LogP contribution in [0.5, 0.6) is 5.75 Å². The molecule has 0 aliphatic carbocycles. The first-order valence-corrected chi connectivity index (χ1v) is 6.10. The molecule has 5 heteroatoms. The zero-order valence-electron chi connectivity index (χ0n) is 9.48. The lowest BCUT2D eigenvalue weighted by Gasteiger charge is -2.21. The van der Waals surface area contributed by atoms with E-state index in [1.165, 1.54) is 6.07 Å². The van der Waals surface area contributed by atoms with E-state index in [0.717, 1.165) is 12.5 Å². The van der Waals surface area contributed by atoms with Crippen LogP contribution < -0.4 is 5.43 Å². The molecule has 2 aliphatic rings. The first kappa shape index (κ1) is 11.6. The van der Waals surface area contributed by atoms with Crippen LogP contribution in [0.25, 0.3) is 0 Å². The number of aromatic hydroxyl groups is 1. The molecule has 1 aromatic rings. The van der Waals surface area contributed by atoms with Gasteiger partial charge >= 0.3 is 0 Å². The molecule has 0 bridgehead atoms. The van der Waals surface area contributed by atoms with E-state index in [1.54, 1.807) is 0 Å². The standard InChI is InChI=1S/C13H12ClFN2O/c14-10-7-11(15)9(6-13(10)18)12-5-8-3-1-2-4-17(8)16-12/h1-4,6-8,12,16,18H,5H2. The molecular weight excluding hydrogens is 255 g/mol. The molecule has 2 atom stereocenters. The lowest BCUT2D eigenvalue weighted by atomic mass is 10.0. The van der Waals surface area contributed by atoms with Crippen molar-refractivity contribution in [1.82, 2.24) is 10.4 Å². The van der Waals surface area contributed by atoms with E-state index in [1.807, 2.05) is 23.4 Å². The maximum absolute atomic E-state index is 13.9. The Labute approximate surface area is 109 Å². The zero-order valence-corrected chi connectivity index (χ0v) is 10.2. The van der Waals surface area contributed by atoms with Gasteiger partial charge in [-0.1, -0.05) is 23.8 Å². The zero-order chi connectivity index (χ0) is 12.7. The Kier molecular flexibility index (Phi) is 2.76. The van der Waals surface area contributed by atoms with Crippen molar-refractivity contribution < 1.29 is 9.50 Å². The molecule has 0 amide bonds. The average molecular weight is 267 g/mol. The molecule has 3 rings (SSSR count). The van der Waals surface area contributed by atoms with Crippen molar-refractivity contribution in [3.05, 3.63) is 53.0 Å². The van der Waals surface area contributed by atoms with E-state index in [2.05, 4.69) is 11.5 Å². The Morgan fingerprint density at radius 3 is 3.00 bits per heavy atom. The van der Waals surface area contributed by atoms with Gasteiger partial charge < -0.3 is 10.1 Å². The van der Waals surface area contributed by atoms with Gasteiger partial charge in [0.25, 0.3) is 0 Å². The smallest absolute Gasteiger partial charge is 0.134 e. The summed E-state index contributed by atoms with van der Waals surface area (Å²) in [6.45, 7) is 0. The molecule has 1 aromatic carbocycles. The van der Waals surface area contributed by atoms with Crippen molar-refractivity contribution >= 4 is 11.6 Å². The molecule has 1 saturated heterocycles. The monoisotopic (exact) mass is 266 g/mol. The summed E-state index contributed by atoms with van der Waals surface area (Å²) in [7, 11) is 0. The summed E-state index contributed by atoms with van der Waals surface area (Å²) in [6, 6.07) is 2.60. The van der Waals surface area contributed by atoms with Gasteiger partial charge in [0, 0.05) is 11.8 Å².